The van der Waals surface area contributed by atoms with E-state index in [0.717, 1.165) is 25.7 Å². The molecular weight excluding hydrogens is 360 g/mol. The Kier molecular flexibility index (Phi) is 4.58. The quantitative estimate of drug-likeness (QED) is 0.600. The van der Waals surface area contributed by atoms with Crippen molar-refractivity contribution in [3.05, 3.63) is 75.3 Å². The molecule has 1 amide bonds. The Morgan fingerprint density at radius 3 is 2.29 bits per heavy atom. The molecule has 0 aromatic heterocycles. The number of carbonyl (C=O) groups excluding carboxylic acids is 2. The van der Waals surface area contributed by atoms with Gasteiger partial charge in [0.25, 0.3) is 11.6 Å². The highest BCUT2D eigenvalue weighted by atomic mass is 16.6. The third-order valence-corrected chi connectivity index (χ3v) is 5.79. The Labute approximate surface area is 161 Å². The number of fused-ring (bicyclic) bond motifs is 1. The van der Waals surface area contributed by atoms with E-state index in [2.05, 4.69) is 0 Å². The van der Waals surface area contributed by atoms with Crippen LogP contribution in [0.15, 0.2) is 48.5 Å². The summed E-state index contributed by atoms with van der Waals surface area (Å²) in [7, 11) is 0. The van der Waals surface area contributed by atoms with Gasteiger partial charge in [0.1, 0.15) is 0 Å². The lowest BCUT2D eigenvalue weighted by Gasteiger charge is -2.45. The second-order valence-corrected chi connectivity index (χ2v) is 7.33. The van der Waals surface area contributed by atoms with Gasteiger partial charge in [-0.3, -0.25) is 14.9 Å². The van der Waals surface area contributed by atoms with E-state index in [1.807, 2.05) is 0 Å². The maximum absolute atomic E-state index is 13.3. The van der Waals surface area contributed by atoms with Crippen LogP contribution in [0.25, 0.3) is 0 Å². The van der Waals surface area contributed by atoms with Gasteiger partial charge < -0.3 is 14.8 Å². The minimum atomic E-state index is -1.26. The average Bonchev–Trinajstić information content (AvgIpc) is 3.22. The molecule has 4 rings (SSSR count). The van der Waals surface area contributed by atoms with Crippen molar-refractivity contribution in [1.29, 1.82) is 0 Å². The summed E-state index contributed by atoms with van der Waals surface area (Å²) in [6.07, 6.45) is 3.60. The van der Waals surface area contributed by atoms with Crippen molar-refractivity contribution < 1.29 is 19.6 Å². The lowest BCUT2D eigenvalue weighted by atomic mass is 9.79. The van der Waals surface area contributed by atoms with Crippen LogP contribution in [0, 0.1) is 10.1 Å². The molecule has 1 heterocycles. The number of rotatable bonds is 4. The third kappa shape index (κ3) is 2.93. The van der Waals surface area contributed by atoms with Crippen molar-refractivity contribution >= 4 is 17.6 Å². The van der Waals surface area contributed by atoms with E-state index in [4.69, 9.17) is 0 Å². The molecule has 2 aliphatic rings. The summed E-state index contributed by atoms with van der Waals surface area (Å²) in [5.74, 6) is -2.48. The van der Waals surface area contributed by atoms with E-state index < -0.39 is 22.9 Å². The van der Waals surface area contributed by atoms with E-state index in [1.165, 1.54) is 12.1 Å². The summed E-state index contributed by atoms with van der Waals surface area (Å²) >= 11 is 0. The van der Waals surface area contributed by atoms with Gasteiger partial charge in [0.2, 0.25) is 0 Å². The van der Waals surface area contributed by atoms with Crippen LogP contribution < -0.4 is 5.11 Å². The standard InChI is InChI=1S/C21H20N2O5/c24-20-17-8-4-3-7-16(17)18(21(25)26)19(22(20)14-5-1-2-6-14)13-9-11-15(12-10-13)23(27)28/h3-4,7-12,14,18-19H,1-2,5-6H2,(H,25,26)/p-1/t18-,19-/m0/s1. The summed E-state index contributed by atoms with van der Waals surface area (Å²) in [5.41, 5.74) is 1.31. The monoisotopic (exact) mass is 379 g/mol. The van der Waals surface area contributed by atoms with Gasteiger partial charge in [-0.25, -0.2) is 0 Å². The lowest BCUT2D eigenvalue weighted by Crippen LogP contribution is -2.51. The Hall–Kier alpha value is -3.22. The number of benzene rings is 2. The van der Waals surface area contributed by atoms with Crippen LogP contribution in [0.2, 0.25) is 0 Å². The largest absolute Gasteiger partial charge is 0.549 e. The highest BCUT2D eigenvalue weighted by molar-refractivity contribution is 6.00. The fourth-order valence-corrected chi connectivity index (χ4v) is 4.54. The molecule has 2 aromatic carbocycles. The van der Waals surface area contributed by atoms with Crippen molar-refractivity contribution in [1.82, 2.24) is 4.90 Å². The van der Waals surface area contributed by atoms with Crippen LogP contribution in [-0.4, -0.2) is 27.7 Å². The molecule has 28 heavy (non-hydrogen) atoms. The highest BCUT2D eigenvalue weighted by Crippen LogP contribution is 2.45. The number of hydrogen-bond donors (Lipinski definition) is 0. The third-order valence-electron chi connectivity index (χ3n) is 5.79. The minimum absolute atomic E-state index is 0.0529. The smallest absolute Gasteiger partial charge is 0.269 e. The molecule has 7 heteroatoms. The van der Waals surface area contributed by atoms with Gasteiger partial charge >= 0.3 is 0 Å². The molecule has 0 radical (unpaired) electrons. The fraction of sp³-hybridized carbons (Fsp3) is 0.333. The number of nitro groups is 1. The Morgan fingerprint density at radius 2 is 1.68 bits per heavy atom. The van der Waals surface area contributed by atoms with E-state index in [0.29, 0.717) is 16.7 Å². The Balaban J connectivity index is 1.88. The molecule has 0 bridgehead atoms. The fourth-order valence-electron chi connectivity index (χ4n) is 4.54. The molecule has 1 aliphatic carbocycles. The number of carboxylic acid groups (broad SMARTS) is 1. The molecule has 0 spiro atoms. The molecule has 7 nitrogen and oxygen atoms in total. The molecule has 1 saturated carbocycles. The molecule has 1 fully saturated rings. The Bertz CT molecular complexity index is 934. The minimum Gasteiger partial charge on any atom is -0.549 e. The predicted octanol–water partition coefficient (Wildman–Crippen LogP) is 2.57. The Morgan fingerprint density at radius 1 is 1.04 bits per heavy atom. The van der Waals surface area contributed by atoms with Gasteiger partial charge in [-0.2, -0.15) is 0 Å². The van der Waals surface area contributed by atoms with Gasteiger partial charge in [0, 0.05) is 29.7 Å². The van der Waals surface area contributed by atoms with Gasteiger partial charge in [0.05, 0.1) is 16.9 Å². The first-order valence-electron chi connectivity index (χ1n) is 9.36. The average molecular weight is 379 g/mol. The number of aliphatic carboxylic acids is 1. The van der Waals surface area contributed by atoms with Crippen molar-refractivity contribution in [3.8, 4) is 0 Å². The molecular formula is C21H19N2O5-. The summed E-state index contributed by atoms with van der Waals surface area (Å²) in [4.78, 5) is 37.7. The first kappa shape index (κ1) is 18.2. The molecule has 2 atom stereocenters. The maximum Gasteiger partial charge on any atom is 0.269 e. The van der Waals surface area contributed by atoms with E-state index in [9.17, 15) is 24.8 Å². The van der Waals surface area contributed by atoms with Crippen LogP contribution in [0.4, 0.5) is 5.69 Å². The first-order chi connectivity index (χ1) is 13.5. The molecule has 1 aliphatic heterocycles. The number of non-ortho nitro benzene ring substituents is 1. The number of carboxylic acids is 1. The van der Waals surface area contributed by atoms with Crippen molar-refractivity contribution in [2.24, 2.45) is 0 Å². The van der Waals surface area contributed by atoms with Gasteiger partial charge in [-0.15, -0.1) is 0 Å². The molecule has 0 unspecified atom stereocenters. The van der Waals surface area contributed by atoms with Crippen molar-refractivity contribution in [3.63, 3.8) is 0 Å². The second kappa shape index (κ2) is 7.07. The molecule has 2 aromatic rings. The van der Waals surface area contributed by atoms with Crippen molar-refractivity contribution in [2.45, 2.75) is 43.7 Å². The number of nitro benzene ring substituents is 1. The summed E-state index contributed by atoms with van der Waals surface area (Å²) in [6.45, 7) is 0. The number of nitrogens with zero attached hydrogens (tertiary/aromatic N) is 2. The summed E-state index contributed by atoms with van der Waals surface area (Å²) < 4.78 is 0. The first-order valence-corrected chi connectivity index (χ1v) is 9.36. The van der Waals surface area contributed by atoms with E-state index >= 15 is 0 Å². The topological polar surface area (TPSA) is 104 Å². The summed E-state index contributed by atoms with van der Waals surface area (Å²) in [6, 6.07) is 11.7. The normalized spacial score (nSPS) is 22.1. The zero-order valence-electron chi connectivity index (χ0n) is 15.1. The summed E-state index contributed by atoms with van der Waals surface area (Å²) in [5, 5.41) is 23.2. The number of carbonyl (C=O) groups is 2. The zero-order valence-corrected chi connectivity index (χ0v) is 15.1. The lowest BCUT2D eigenvalue weighted by molar-refractivity contribution is -0.384. The van der Waals surface area contributed by atoms with Crippen LogP contribution in [0.5, 0.6) is 0 Å². The van der Waals surface area contributed by atoms with E-state index in [-0.39, 0.29) is 17.6 Å². The predicted molar refractivity (Wildman–Crippen MR) is 98.5 cm³/mol. The second-order valence-electron chi connectivity index (χ2n) is 7.33. The zero-order chi connectivity index (χ0) is 19.8. The van der Waals surface area contributed by atoms with Crippen LogP contribution >= 0.6 is 0 Å². The number of amides is 1. The van der Waals surface area contributed by atoms with Gasteiger partial charge in [-0.1, -0.05) is 43.2 Å². The van der Waals surface area contributed by atoms with Crippen LogP contribution in [0.3, 0.4) is 0 Å². The van der Waals surface area contributed by atoms with Crippen molar-refractivity contribution in [2.75, 3.05) is 0 Å². The highest BCUT2D eigenvalue weighted by Gasteiger charge is 2.44. The van der Waals surface area contributed by atoms with Crippen LogP contribution in [0.1, 0.15) is 59.1 Å². The van der Waals surface area contributed by atoms with Gasteiger partial charge in [-0.05, 0) is 30.0 Å². The maximum atomic E-state index is 13.3. The SMILES string of the molecule is O=C([O-])[C@H]1c2ccccc2C(=O)N(C2CCCC2)[C@H]1c1ccc([N+](=O)[O-])cc1. The van der Waals surface area contributed by atoms with E-state index in [1.54, 1.807) is 41.3 Å². The molecule has 144 valence electrons. The van der Waals surface area contributed by atoms with Gasteiger partial charge in [0.15, 0.2) is 0 Å². The molecule has 0 N–H and O–H groups in total. The number of hydrogen-bond acceptors (Lipinski definition) is 5. The van der Waals surface area contributed by atoms with Crippen LogP contribution in [-0.2, 0) is 4.79 Å². The molecule has 0 saturated heterocycles.